The Labute approximate surface area is 407 Å². The average Bonchev–Trinajstić information content (AvgIpc) is 3.30. The van der Waals surface area contributed by atoms with Crippen LogP contribution in [0.5, 0.6) is 0 Å². The van der Waals surface area contributed by atoms with E-state index in [1.165, 1.54) is 77.0 Å². The molecule has 0 bridgehead atoms. The SMILES string of the molecule is CC/C=C\C/C=C\C/C=C\C/C=C\CCCCCCCCCCCCCCC(=O)OC(COCCCCCCCC/C=C\C/C=C\CCCC)COC1OC(CO)C(O)C(OS(=O)(=O)O)C1O. The number of esters is 1. The summed E-state index contributed by atoms with van der Waals surface area (Å²) < 4.78 is 59.2. The third-order valence-corrected chi connectivity index (χ3v) is 12.0. The van der Waals surface area contributed by atoms with Crippen LogP contribution in [0.1, 0.15) is 200 Å². The van der Waals surface area contributed by atoms with Gasteiger partial charge in [0, 0.05) is 13.0 Å². The van der Waals surface area contributed by atoms with E-state index in [1.807, 2.05) is 0 Å². The van der Waals surface area contributed by atoms with Gasteiger partial charge in [-0.05, 0) is 77.0 Å². The van der Waals surface area contributed by atoms with Crippen molar-refractivity contribution >= 4 is 16.4 Å². The number of ether oxygens (including phenoxy) is 4. The van der Waals surface area contributed by atoms with Crippen LogP contribution in [0.2, 0.25) is 0 Å². The van der Waals surface area contributed by atoms with Crippen molar-refractivity contribution in [2.75, 3.05) is 26.4 Å². The molecule has 1 rings (SSSR count). The third-order valence-electron chi connectivity index (χ3n) is 11.6. The molecule has 1 saturated heterocycles. The van der Waals surface area contributed by atoms with Gasteiger partial charge in [0.05, 0.1) is 19.8 Å². The van der Waals surface area contributed by atoms with Gasteiger partial charge in [0.2, 0.25) is 0 Å². The molecule has 0 aliphatic carbocycles. The fourth-order valence-corrected chi connectivity index (χ4v) is 8.13. The first kappa shape index (κ1) is 62.6. The van der Waals surface area contributed by atoms with Gasteiger partial charge in [0.1, 0.15) is 30.5 Å². The van der Waals surface area contributed by atoms with Crippen LogP contribution < -0.4 is 0 Å². The number of aliphatic hydroxyl groups is 3. The lowest BCUT2D eigenvalue weighted by Crippen LogP contribution is -2.60. The minimum atomic E-state index is -5.07. The predicted molar refractivity (Wildman–Crippen MR) is 271 cm³/mol. The Hall–Kier alpha value is -2.46. The van der Waals surface area contributed by atoms with E-state index in [-0.39, 0.29) is 19.6 Å². The number of hydrogen-bond acceptors (Lipinski definition) is 11. The Kier molecular flexibility index (Phi) is 41.8. The zero-order chi connectivity index (χ0) is 48.9. The van der Waals surface area contributed by atoms with Crippen LogP contribution in [-0.2, 0) is 38.3 Å². The summed E-state index contributed by atoms with van der Waals surface area (Å²) in [6.45, 7) is 3.82. The average molecular weight is 967 g/mol. The zero-order valence-corrected chi connectivity index (χ0v) is 42.5. The van der Waals surface area contributed by atoms with Crippen LogP contribution in [0.4, 0.5) is 0 Å². The highest BCUT2D eigenvalue weighted by Gasteiger charge is 2.48. The zero-order valence-electron chi connectivity index (χ0n) is 41.7. The number of aliphatic hydroxyl groups excluding tert-OH is 3. The van der Waals surface area contributed by atoms with Crippen LogP contribution in [0.25, 0.3) is 0 Å². The Morgan fingerprint density at radius 2 is 1.03 bits per heavy atom. The second-order valence-electron chi connectivity index (χ2n) is 17.7. The largest absolute Gasteiger partial charge is 0.457 e. The van der Waals surface area contributed by atoms with Crippen molar-refractivity contribution in [1.82, 2.24) is 0 Å². The molecule has 13 heteroatoms. The Morgan fingerprint density at radius 3 is 1.51 bits per heavy atom. The molecule has 6 atom stereocenters. The number of rotatable bonds is 45. The molecule has 0 aromatic heterocycles. The van der Waals surface area contributed by atoms with Gasteiger partial charge in [-0.2, -0.15) is 8.42 Å². The van der Waals surface area contributed by atoms with Crippen LogP contribution in [0.3, 0.4) is 0 Å². The Morgan fingerprint density at radius 1 is 0.582 bits per heavy atom. The molecule has 1 fully saturated rings. The van der Waals surface area contributed by atoms with Gasteiger partial charge in [-0.15, -0.1) is 0 Å². The van der Waals surface area contributed by atoms with E-state index in [1.54, 1.807) is 0 Å². The van der Waals surface area contributed by atoms with Crippen LogP contribution in [0, 0.1) is 0 Å². The summed E-state index contributed by atoms with van der Waals surface area (Å²) in [6, 6.07) is 0. The van der Waals surface area contributed by atoms with Crippen molar-refractivity contribution in [3.63, 3.8) is 0 Å². The molecule has 6 unspecified atom stereocenters. The van der Waals surface area contributed by atoms with E-state index >= 15 is 0 Å². The lowest BCUT2D eigenvalue weighted by Gasteiger charge is -2.41. The first-order valence-corrected chi connectivity index (χ1v) is 27.6. The van der Waals surface area contributed by atoms with E-state index in [4.69, 9.17) is 18.9 Å². The molecule has 0 spiro atoms. The fourth-order valence-electron chi connectivity index (χ4n) is 7.62. The van der Waals surface area contributed by atoms with Crippen molar-refractivity contribution in [2.24, 2.45) is 0 Å². The monoisotopic (exact) mass is 967 g/mol. The summed E-state index contributed by atoms with van der Waals surface area (Å²) in [4.78, 5) is 12.9. The van der Waals surface area contributed by atoms with E-state index in [2.05, 4.69) is 90.9 Å². The minimum Gasteiger partial charge on any atom is -0.457 e. The van der Waals surface area contributed by atoms with Gasteiger partial charge in [0.15, 0.2) is 6.29 Å². The first-order valence-electron chi connectivity index (χ1n) is 26.2. The Balaban J connectivity index is 2.33. The molecule has 1 aliphatic rings. The molecule has 0 aromatic rings. The molecular formula is C54H94O12S. The normalized spacial score (nSPS) is 20.0. The van der Waals surface area contributed by atoms with E-state index < -0.39 is 59.8 Å². The summed E-state index contributed by atoms with van der Waals surface area (Å²) in [5.74, 6) is -0.407. The minimum absolute atomic E-state index is 0.0255. The van der Waals surface area contributed by atoms with Crippen molar-refractivity contribution in [2.45, 2.75) is 237 Å². The van der Waals surface area contributed by atoms with Gasteiger partial charge in [-0.3, -0.25) is 9.35 Å². The molecule has 0 amide bonds. The smallest absolute Gasteiger partial charge is 0.397 e. The summed E-state index contributed by atoms with van der Waals surface area (Å²) >= 11 is 0. The number of carbonyl (C=O) groups is 1. The van der Waals surface area contributed by atoms with Crippen molar-refractivity contribution < 1.29 is 56.2 Å². The molecule has 0 aromatic carbocycles. The van der Waals surface area contributed by atoms with Crippen molar-refractivity contribution in [1.29, 1.82) is 0 Å². The molecule has 67 heavy (non-hydrogen) atoms. The second-order valence-corrected chi connectivity index (χ2v) is 18.8. The van der Waals surface area contributed by atoms with Gasteiger partial charge in [0.25, 0.3) is 0 Å². The summed E-state index contributed by atoms with van der Waals surface area (Å²) in [7, 11) is -5.07. The lowest BCUT2D eigenvalue weighted by atomic mass is 9.99. The standard InChI is InChI=1S/C54H94O12S/c1-3-5-7-9-11-13-15-17-19-20-21-22-23-24-25-26-27-28-29-31-33-35-37-39-41-43-50(56)64-48(47-63-54-52(58)53(66-67(59,60)61)51(57)49(45-55)65-54)46-62-44-42-40-38-36-34-32-30-18-16-14-12-10-8-6-4-2/h5,7,10-13,16-19,21-22,48-49,51-55,57-58H,3-4,6,8-9,14-15,20,23-47H2,1-2H3,(H,59,60,61)/b7-5-,12-10-,13-11-,18-16-,19-17-,22-21-. The van der Waals surface area contributed by atoms with Crippen LogP contribution in [-0.4, -0.2) is 97.5 Å². The highest BCUT2D eigenvalue weighted by atomic mass is 32.3. The maximum absolute atomic E-state index is 12.9. The quantitative estimate of drug-likeness (QED) is 0.0197. The molecule has 0 saturated carbocycles. The molecule has 12 nitrogen and oxygen atoms in total. The van der Waals surface area contributed by atoms with Gasteiger partial charge >= 0.3 is 16.4 Å². The first-order chi connectivity index (χ1) is 32.6. The molecule has 1 heterocycles. The van der Waals surface area contributed by atoms with Gasteiger partial charge < -0.3 is 34.3 Å². The van der Waals surface area contributed by atoms with Crippen LogP contribution in [0.15, 0.2) is 72.9 Å². The predicted octanol–water partition coefficient (Wildman–Crippen LogP) is 12.2. The van der Waals surface area contributed by atoms with Gasteiger partial charge in [-0.1, -0.05) is 189 Å². The van der Waals surface area contributed by atoms with E-state index in [9.17, 15) is 33.1 Å². The molecule has 0 radical (unpaired) electrons. The molecule has 388 valence electrons. The van der Waals surface area contributed by atoms with Crippen molar-refractivity contribution in [3.8, 4) is 0 Å². The lowest BCUT2D eigenvalue weighted by molar-refractivity contribution is -0.301. The maximum atomic E-state index is 12.9. The van der Waals surface area contributed by atoms with E-state index in [0.29, 0.717) is 13.0 Å². The second kappa shape index (κ2) is 44.7. The number of hydrogen-bond donors (Lipinski definition) is 4. The number of unbranched alkanes of at least 4 members (excludes halogenated alkanes) is 20. The Bertz CT molecular complexity index is 1440. The highest BCUT2D eigenvalue weighted by molar-refractivity contribution is 7.80. The summed E-state index contributed by atoms with van der Waals surface area (Å²) in [5.41, 5.74) is 0. The third kappa shape index (κ3) is 38.0. The van der Waals surface area contributed by atoms with E-state index in [0.717, 1.165) is 96.3 Å². The fraction of sp³-hybridized carbons (Fsp3) is 0.759. The van der Waals surface area contributed by atoms with Gasteiger partial charge in [-0.25, -0.2) is 4.18 Å². The summed E-state index contributed by atoms with van der Waals surface area (Å²) in [6.07, 6.45) is 49.3. The summed E-state index contributed by atoms with van der Waals surface area (Å²) in [5, 5.41) is 30.8. The molecule has 4 N–H and O–H groups in total. The molecule has 1 aliphatic heterocycles. The molecular weight excluding hydrogens is 873 g/mol. The van der Waals surface area contributed by atoms with Crippen molar-refractivity contribution in [3.05, 3.63) is 72.9 Å². The number of allylic oxidation sites excluding steroid dienone is 12. The number of carbonyl (C=O) groups excluding carboxylic acids is 1. The highest BCUT2D eigenvalue weighted by Crippen LogP contribution is 2.26. The maximum Gasteiger partial charge on any atom is 0.397 e. The van der Waals surface area contributed by atoms with Crippen LogP contribution >= 0.6 is 0 Å². The topological polar surface area (TPSA) is 178 Å².